The van der Waals surface area contributed by atoms with Crippen molar-refractivity contribution in [3.63, 3.8) is 0 Å². The number of fused-ring (bicyclic) bond motifs is 20. The van der Waals surface area contributed by atoms with Crippen molar-refractivity contribution < 1.29 is 0 Å². The second-order valence-electron chi connectivity index (χ2n) is 17.3. The van der Waals surface area contributed by atoms with Crippen LogP contribution in [0.5, 0.6) is 0 Å². The van der Waals surface area contributed by atoms with Crippen LogP contribution in [0.4, 0.5) is 0 Å². The van der Waals surface area contributed by atoms with E-state index in [9.17, 15) is 0 Å². The average Bonchev–Trinajstić information content (AvgIpc) is 4.17. The molecule has 0 fully saturated rings. The number of benzene rings is 9. The van der Waals surface area contributed by atoms with Crippen molar-refractivity contribution in [1.82, 2.24) is 17.9 Å². The van der Waals surface area contributed by atoms with Gasteiger partial charge in [-0.2, -0.15) is 0 Å². The smallest absolute Gasteiger partial charge is 0.0641 e. The van der Waals surface area contributed by atoms with Gasteiger partial charge in [-0.3, -0.25) is 0 Å². The molecule has 62 heavy (non-hydrogen) atoms. The fraction of sp³-hybridized carbons (Fsp3) is 0.0690. The van der Waals surface area contributed by atoms with Gasteiger partial charge in [0.25, 0.3) is 0 Å². The van der Waals surface area contributed by atoms with Gasteiger partial charge < -0.3 is 17.9 Å². The Kier molecular flexibility index (Phi) is 6.12. The quantitative estimate of drug-likeness (QED) is 0.169. The number of aromatic nitrogens is 4. The zero-order valence-electron chi connectivity index (χ0n) is 34.4. The van der Waals surface area contributed by atoms with Crippen molar-refractivity contribution in [1.29, 1.82) is 0 Å². The number of nitrogens with zero attached hydrogens (tertiary/aromatic N) is 4. The minimum Gasteiger partial charge on any atom is -0.309 e. The fourth-order valence-corrected chi connectivity index (χ4v) is 12.4. The molecule has 290 valence electrons. The Bertz CT molecular complexity index is 4100. The molecule has 0 amide bonds. The van der Waals surface area contributed by atoms with Gasteiger partial charge in [-0.25, -0.2) is 0 Å². The van der Waals surface area contributed by atoms with Crippen molar-refractivity contribution >= 4 is 120 Å². The van der Waals surface area contributed by atoms with E-state index in [4.69, 9.17) is 0 Å². The van der Waals surface area contributed by atoms with Crippen LogP contribution < -0.4 is 0 Å². The maximum absolute atomic E-state index is 2.66. The third-order valence-corrected chi connectivity index (χ3v) is 14.5. The van der Waals surface area contributed by atoms with Crippen LogP contribution in [0, 0.1) is 0 Å². The Morgan fingerprint density at radius 1 is 0.274 bits per heavy atom. The lowest BCUT2D eigenvalue weighted by Crippen LogP contribution is -1.97. The first-order valence-electron chi connectivity index (χ1n) is 22.1. The van der Waals surface area contributed by atoms with Crippen LogP contribution in [0.15, 0.2) is 170 Å². The highest BCUT2D eigenvalue weighted by Gasteiger charge is 2.30. The lowest BCUT2D eigenvalue weighted by atomic mass is 9.93. The van der Waals surface area contributed by atoms with Gasteiger partial charge >= 0.3 is 0 Å². The number of rotatable bonds is 4. The molecule has 0 saturated heterocycles. The maximum atomic E-state index is 2.66. The summed E-state index contributed by atoms with van der Waals surface area (Å²) in [6, 6.07) is 63.4. The molecule has 0 saturated carbocycles. The SMILES string of the molecule is CCc1c2c3cccc4c5c6c(ccc5n(c2c(CC)c2c5cccc7c8c9c(ccc8n(c12)c57)c1ccccc1n9-c1ccccc1)c34)c1ccccc1n6-c1ccccc1. The molecule has 0 aliphatic carbocycles. The first kappa shape index (κ1) is 33.0. The third kappa shape index (κ3) is 3.70. The van der Waals surface area contributed by atoms with Crippen LogP contribution >= 0.6 is 0 Å². The number of para-hydroxylation sites is 6. The van der Waals surface area contributed by atoms with Gasteiger partial charge in [0.15, 0.2) is 0 Å². The predicted octanol–water partition coefficient (Wildman–Crippen LogP) is 15.3. The van der Waals surface area contributed by atoms with Crippen LogP contribution in [0.2, 0.25) is 0 Å². The molecular formula is C58H38N4. The van der Waals surface area contributed by atoms with E-state index in [2.05, 4.69) is 202 Å². The van der Waals surface area contributed by atoms with Crippen molar-refractivity contribution in [3.8, 4) is 11.4 Å². The topological polar surface area (TPSA) is 18.7 Å². The summed E-state index contributed by atoms with van der Waals surface area (Å²) in [6.45, 7) is 4.74. The molecule has 6 aromatic heterocycles. The summed E-state index contributed by atoms with van der Waals surface area (Å²) in [4.78, 5) is 0. The summed E-state index contributed by atoms with van der Waals surface area (Å²) in [5, 5.41) is 15.9. The molecule has 15 aromatic rings. The Morgan fingerprint density at radius 2 is 0.645 bits per heavy atom. The van der Waals surface area contributed by atoms with Gasteiger partial charge in [-0.05, 0) is 72.5 Å². The summed E-state index contributed by atoms with van der Waals surface area (Å²) in [6.07, 6.45) is 1.84. The van der Waals surface area contributed by atoms with Gasteiger partial charge in [0.2, 0.25) is 0 Å². The zero-order chi connectivity index (χ0) is 40.5. The highest BCUT2D eigenvalue weighted by Crippen LogP contribution is 2.51. The van der Waals surface area contributed by atoms with E-state index in [0.717, 1.165) is 12.8 Å². The lowest BCUT2D eigenvalue weighted by molar-refractivity contribution is 1.13. The molecule has 0 bridgehead atoms. The molecule has 15 rings (SSSR count). The van der Waals surface area contributed by atoms with Gasteiger partial charge in [0.05, 0.1) is 55.2 Å². The molecule has 6 heterocycles. The summed E-state index contributed by atoms with van der Waals surface area (Å²) >= 11 is 0. The minimum atomic E-state index is 0.919. The van der Waals surface area contributed by atoms with Crippen molar-refractivity contribution in [2.75, 3.05) is 0 Å². The summed E-state index contributed by atoms with van der Waals surface area (Å²) in [7, 11) is 0. The predicted molar refractivity (Wildman–Crippen MR) is 263 cm³/mol. The number of hydrogen-bond acceptors (Lipinski definition) is 0. The molecule has 0 radical (unpaired) electrons. The normalized spacial score (nSPS) is 12.8. The molecule has 9 aromatic carbocycles. The Balaban J connectivity index is 1.16. The minimum absolute atomic E-state index is 0.919. The molecule has 0 spiro atoms. The molecule has 4 heteroatoms. The van der Waals surface area contributed by atoms with Crippen molar-refractivity contribution in [2.24, 2.45) is 0 Å². The van der Waals surface area contributed by atoms with Crippen molar-refractivity contribution in [3.05, 3.63) is 181 Å². The second kappa shape index (κ2) is 11.5. The Labute approximate surface area is 355 Å². The molecule has 0 N–H and O–H groups in total. The number of aryl methyl sites for hydroxylation is 2. The van der Waals surface area contributed by atoms with E-state index >= 15 is 0 Å². The first-order chi connectivity index (χ1) is 30.8. The molecule has 0 atom stereocenters. The summed E-state index contributed by atoms with van der Waals surface area (Å²) < 4.78 is 10.3. The molecular weight excluding hydrogens is 753 g/mol. The van der Waals surface area contributed by atoms with E-state index in [1.54, 1.807) is 0 Å². The highest BCUT2D eigenvalue weighted by atomic mass is 15.0. The van der Waals surface area contributed by atoms with E-state index < -0.39 is 0 Å². The lowest BCUT2D eigenvalue weighted by Gasteiger charge is -2.14. The van der Waals surface area contributed by atoms with E-state index in [1.807, 2.05) is 0 Å². The molecule has 4 nitrogen and oxygen atoms in total. The Morgan fingerprint density at radius 3 is 1.06 bits per heavy atom. The van der Waals surface area contributed by atoms with Gasteiger partial charge in [-0.15, -0.1) is 0 Å². The van der Waals surface area contributed by atoms with E-state index in [0.29, 0.717) is 0 Å². The largest absolute Gasteiger partial charge is 0.309 e. The van der Waals surface area contributed by atoms with Crippen LogP contribution in [0.25, 0.3) is 131 Å². The van der Waals surface area contributed by atoms with Crippen LogP contribution in [0.3, 0.4) is 0 Å². The summed E-state index contributed by atoms with van der Waals surface area (Å²) in [5.74, 6) is 0. The molecule has 0 aliphatic rings. The maximum Gasteiger partial charge on any atom is 0.0641 e. The molecule has 0 aliphatic heterocycles. The third-order valence-electron chi connectivity index (χ3n) is 14.5. The van der Waals surface area contributed by atoms with E-state index in [-0.39, 0.29) is 0 Å². The van der Waals surface area contributed by atoms with Crippen LogP contribution in [0.1, 0.15) is 25.0 Å². The van der Waals surface area contributed by atoms with Crippen LogP contribution in [-0.2, 0) is 12.8 Å². The monoisotopic (exact) mass is 790 g/mol. The van der Waals surface area contributed by atoms with Gasteiger partial charge in [-0.1, -0.05) is 135 Å². The first-order valence-corrected chi connectivity index (χ1v) is 22.1. The Hall–Kier alpha value is -7.82. The fourth-order valence-electron chi connectivity index (χ4n) is 12.4. The van der Waals surface area contributed by atoms with Gasteiger partial charge in [0, 0.05) is 76.0 Å². The van der Waals surface area contributed by atoms with Crippen molar-refractivity contribution in [2.45, 2.75) is 26.7 Å². The van der Waals surface area contributed by atoms with Gasteiger partial charge in [0.1, 0.15) is 0 Å². The summed E-state index contributed by atoms with van der Waals surface area (Å²) in [5.41, 5.74) is 18.2. The second-order valence-corrected chi connectivity index (χ2v) is 17.3. The standard InChI is InChI=1S/C58H38N4/c1-3-35-49-41-23-15-25-43-52-48(32-30-40-38-22-12-14-28-46(38)60(58(40)52)34-19-9-6-10-20-34)62(53(41)43)56(49)36(4-2)50-42-24-16-26-44-51-47(61(54(42)44)55(35)50)31-29-39-37-21-11-13-27-45(37)59(57(39)51)33-17-7-5-8-18-33/h5-32H,3-4H2,1-2H3. The van der Waals surface area contributed by atoms with E-state index in [1.165, 1.54) is 142 Å². The zero-order valence-corrected chi connectivity index (χ0v) is 34.4. The van der Waals surface area contributed by atoms with Crippen LogP contribution in [-0.4, -0.2) is 17.9 Å². The molecule has 0 unspecified atom stereocenters. The number of hydrogen-bond donors (Lipinski definition) is 0. The average molecular weight is 791 g/mol. The highest BCUT2D eigenvalue weighted by molar-refractivity contribution is 6.36.